The summed E-state index contributed by atoms with van der Waals surface area (Å²) in [6.45, 7) is 5.41. The molecule has 13 heavy (non-hydrogen) atoms. The monoisotopic (exact) mass is 202 g/mol. The average Bonchev–Trinajstić information content (AvgIpc) is 2.30. The number of ketones is 1. The van der Waals surface area contributed by atoms with Gasteiger partial charge < -0.3 is 4.74 Å². The summed E-state index contributed by atoms with van der Waals surface area (Å²) in [4.78, 5) is 22.6. The smallest absolute Gasteiger partial charge is 0.317 e. The van der Waals surface area contributed by atoms with E-state index in [2.05, 4.69) is 0 Å². The lowest BCUT2D eigenvalue weighted by molar-refractivity contribution is -0.160. The lowest BCUT2D eigenvalue weighted by Gasteiger charge is -2.21. The van der Waals surface area contributed by atoms with Crippen LogP contribution in [0.25, 0.3) is 0 Å². The van der Waals surface area contributed by atoms with E-state index < -0.39 is 11.5 Å². The molecule has 0 saturated carbocycles. The first-order valence-electron chi connectivity index (χ1n) is 4.23. The van der Waals surface area contributed by atoms with Crippen molar-refractivity contribution in [2.45, 2.75) is 26.4 Å². The standard InChI is InChI=1S/C9H14O3S/c1-9(2,3)12-8(11)6-4-13-5-7(6)10/h6H,4-5H2,1-3H3. The first kappa shape index (κ1) is 10.6. The molecule has 1 saturated heterocycles. The van der Waals surface area contributed by atoms with Crippen LogP contribution in [0, 0.1) is 5.92 Å². The summed E-state index contributed by atoms with van der Waals surface area (Å²) in [5.41, 5.74) is -0.495. The van der Waals surface area contributed by atoms with Gasteiger partial charge in [-0.05, 0) is 20.8 Å². The zero-order chi connectivity index (χ0) is 10.1. The van der Waals surface area contributed by atoms with Gasteiger partial charge in [0.1, 0.15) is 11.5 Å². The van der Waals surface area contributed by atoms with Gasteiger partial charge in [-0.1, -0.05) is 0 Å². The van der Waals surface area contributed by atoms with Crippen LogP contribution in [0.5, 0.6) is 0 Å². The van der Waals surface area contributed by atoms with Gasteiger partial charge >= 0.3 is 5.97 Å². The van der Waals surface area contributed by atoms with E-state index in [1.54, 1.807) is 20.8 Å². The minimum Gasteiger partial charge on any atom is -0.459 e. The molecule has 4 heteroatoms. The second kappa shape index (κ2) is 3.70. The summed E-state index contributed by atoms with van der Waals surface area (Å²) >= 11 is 1.49. The molecule has 1 aliphatic heterocycles. The zero-order valence-electron chi connectivity index (χ0n) is 8.12. The van der Waals surface area contributed by atoms with Gasteiger partial charge in [0.15, 0.2) is 5.78 Å². The molecule has 0 N–H and O–H groups in total. The first-order chi connectivity index (χ1) is 5.90. The number of carbonyl (C=O) groups is 2. The zero-order valence-corrected chi connectivity index (χ0v) is 8.94. The number of hydrogen-bond acceptors (Lipinski definition) is 4. The molecule has 1 heterocycles. The number of esters is 1. The van der Waals surface area contributed by atoms with E-state index in [-0.39, 0.29) is 11.8 Å². The van der Waals surface area contributed by atoms with Gasteiger partial charge in [0.25, 0.3) is 0 Å². The van der Waals surface area contributed by atoms with Crippen LogP contribution in [0.3, 0.4) is 0 Å². The second-order valence-electron chi connectivity index (χ2n) is 4.07. The summed E-state index contributed by atoms with van der Waals surface area (Å²) in [6, 6.07) is 0. The summed E-state index contributed by atoms with van der Waals surface area (Å²) < 4.78 is 5.12. The van der Waals surface area contributed by atoms with Crippen molar-refractivity contribution in [3.05, 3.63) is 0 Å². The molecule has 1 rings (SSSR count). The highest BCUT2D eigenvalue weighted by Crippen LogP contribution is 2.23. The van der Waals surface area contributed by atoms with Gasteiger partial charge in [-0.25, -0.2) is 0 Å². The Bertz CT molecular complexity index is 230. The van der Waals surface area contributed by atoms with Crippen LogP contribution in [0.4, 0.5) is 0 Å². The van der Waals surface area contributed by atoms with E-state index in [1.165, 1.54) is 11.8 Å². The van der Waals surface area contributed by atoms with E-state index in [4.69, 9.17) is 4.74 Å². The van der Waals surface area contributed by atoms with Crippen molar-refractivity contribution in [3.63, 3.8) is 0 Å². The third kappa shape index (κ3) is 3.03. The Morgan fingerprint density at radius 1 is 1.54 bits per heavy atom. The van der Waals surface area contributed by atoms with Crippen LogP contribution in [-0.4, -0.2) is 28.9 Å². The van der Waals surface area contributed by atoms with Crippen LogP contribution >= 0.6 is 11.8 Å². The van der Waals surface area contributed by atoms with E-state index in [0.717, 1.165) is 0 Å². The van der Waals surface area contributed by atoms with Crippen molar-refractivity contribution in [1.29, 1.82) is 0 Å². The van der Waals surface area contributed by atoms with Crippen LogP contribution in [0.1, 0.15) is 20.8 Å². The maximum absolute atomic E-state index is 11.4. The lowest BCUT2D eigenvalue weighted by atomic mass is 10.1. The number of ether oxygens (including phenoxy) is 1. The van der Waals surface area contributed by atoms with Gasteiger partial charge in [0, 0.05) is 5.75 Å². The lowest BCUT2D eigenvalue weighted by Crippen LogP contribution is -2.32. The second-order valence-corrected chi connectivity index (χ2v) is 5.10. The van der Waals surface area contributed by atoms with Gasteiger partial charge in [0.2, 0.25) is 0 Å². The Morgan fingerprint density at radius 2 is 2.15 bits per heavy atom. The van der Waals surface area contributed by atoms with Crippen molar-refractivity contribution >= 4 is 23.5 Å². The highest BCUT2D eigenvalue weighted by molar-refractivity contribution is 8.00. The quantitative estimate of drug-likeness (QED) is 0.474. The number of hydrogen-bond donors (Lipinski definition) is 0. The number of carbonyl (C=O) groups excluding carboxylic acids is 2. The van der Waals surface area contributed by atoms with Gasteiger partial charge in [-0.3, -0.25) is 9.59 Å². The summed E-state index contributed by atoms with van der Waals surface area (Å²) in [5.74, 6) is 0.128. The number of thioether (sulfide) groups is 1. The third-order valence-corrected chi connectivity index (χ3v) is 2.67. The molecule has 0 aliphatic carbocycles. The summed E-state index contributed by atoms with van der Waals surface area (Å²) in [6.07, 6.45) is 0. The van der Waals surface area contributed by atoms with E-state index in [1.807, 2.05) is 0 Å². The minimum atomic E-state index is -0.524. The molecule has 0 radical (unpaired) electrons. The molecular weight excluding hydrogens is 188 g/mol. The van der Waals surface area contributed by atoms with Crippen molar-refractivity contribution in [2.24, 2.45) is 5.92 Å². The van der Waals surface area contributed by atoms with Crippen molar-refractivity contribution in [2.75, 3.05) is 11.5 Å². The van der Waals surface area contributed by atoms with Crippen LogP contribution < -0.4 is 0 Å². The Hall–Kier alpha value is -0.510. The van der Waals surface area contributed by atoms with Crippen molar-refractivity contribution < 1.29 is 14.3 Å². The molecular formula is C9H14O3S. The van der Waals surface area contributed by atoms with Gasteiger partial charge in [0.05, 0.1) is 5.75 Å². The van der Waals surface area contributed by atoms with E-state index in [9.17, 15) is 9.59 Å². The first-order valence-corrected chi connectivity index (χ1v) is 5.39. The summed E-state index contributed by atoms with van der Waals surface area (Å²) in [7, 11) is 0. The Morgan fingerprint density at radius 3 is 2.54 bits per heavy atom. The molecule has 0 aromatic heterocycles. The highest BCUT2D eigenvalue weighted by atomic mass is 32.2. The fraction of sp³-hybridized carbons (Fsp3) is 0.778. The van der Waals surface area contributed by atoms with Crippen LogP contribution in [0.2, 0.25) is 0 Å². The molecule has 1 unspecified atom stereocenters. The molecule has 0 spiro atoms. The Kier molecular flexibility index (Phi) is 3.01. The normalized spacial score (nSPS) is 23.3. The van der Waals surface area contributed by atoms with Gasteiger partial charge in [-0.2, -0.15) is 11.8 Å². The van der Waals surface area contributed by atoms with E-state index >= 15 is 0 Å². The molecule has 3 nitrogen and oxygen atoms in total. The van der Waals surface area contributed by atoms with Crippen LogP contribution in [-0.2, 0) is 14.3 Å². The molecule has 0 aromatic carbocycles. The molecule has 1 fully saturated rings. The third-order valence-electron chi connectivity index (χ3n) is 1.61. The fourth-order valence-electron chi connectivity index (χ4n) is 1.04. The highest BCUT2D eigenvalue weighted by Gasteiger charge is 2.34. The predicted molar refractivity (Wildman–Crippen MR) is 51.7 cm³/mol. The average molecular weight is 202 g/mol. The summed E-state index contributed by atoms with van der Waals surface area (Å²) in [5, 5.41) is 0. The SMILES string of the molecule is CC(C)(C)OC(=O)C1CSCC1=O. The minimum absolute atomic E-state index is 0.000694. The van der Waals surface area contributed by atoms with Crippen molar-refractivity contribution in [3.8, 4) is 0 Å². The van der Waals surface area contributed by atoms with Gasteiger partial charge in [-0.15, -0.1) is 0 Å². The molecule has 74 valence electrons. The molecule has 1 atom stereocenters. The maximum atomic E-state index is 11.4. The molecule has 0 aromatic rings. The van der Waals surface area contributed by atoms with E-state index in [0.29, 0.717) is 11.5 Å². The molecule has 1 aliphatic rings. The maximum Gasteiger partial charge on any atom is 0.317 e. The number of Topliss-reactive ketones (excluding diaryl/α,β-unsaturated/α-hetero) is 1. The Balaban J connectivity index is 2.53. The molecule has 0 bridgehead atoms. The predicted octanol–water partition coefficient (Wildman–Crippen LogP) is 1.26. The Labute approximate surface area is 82.2 Å². The van der Waals surface area contributed by atoms with Crippen LogP contribution in [0.15, 0.2) is 0 Å². The van der Waals surface area contributed by atoms with Crippen molar-refractivity contribution in [1.82, 2.24) is 0 Å². The molecule has 0 amide bonds. The topological polar surface area (TPSA) is 43.4 Å². The largest absolute Gasteiger partial charge is 0.459 e. The fourth-order valence-corrected chi connectivity index (χ4v) is 2.12. The number of rotatable bonds is 1.